The molecule has 5 rings (SSSR count). The fraction of sp³-hybridized carbons (Fsp3) is 0.263. The van der Waals surface area contributed by atoms with Gasteiger partial charge in [0.2, 0.25) is 5.88 Å². The summed E-state index contributed by atoms with van der Waals surface area (Å²) in [4.78, 5) is 16.2. The van der Waals surface area contributed by atoms with Gasteiger partial charge in [-0.3, -0.25) is 9.67 Å². The second-order valence-corrected chi connectivity index (χ2v) is 7.52. The minimum atomic E-state index is 0.612. The Hall–Kier alpha value is -2.80. The molecule has 0 atom stereocenters. The van der Waals surface area contributed by atoms with Gasteiger partial charge in [-0.25, -0.2) is 4.98 Å². The first-order valence-electron chi connectivity index (χ1n) is 8.67. The van der Waals surface area contributed by atoms with Crippen LogP contribution < -0.4 is 4.74 Å². The molecule has 0 aliphatic heterocycles. The predicted octanol–water partition coefficient (Wildman–Crippen LogP) is 4.16. The minimum Gasteiger partial charge on any atom is -0.435 e. The monoisotopic (exact) mass is 363 g/mol. The number of hydrogen-bond acceptors (Lipinski definition) is 6. The summed E-state index contributed by atoms with van der Waals surface area (Å²) < 4.78 is 7.87. The molecule has 4 aromatic rings. The lowest BCUT2D eigenvalue weighted by Gasteiger charge is -2.12. The van der Waals surface area contributed by atoms with Gasteiger partial charge < -0.3 is 4.74 Å². The van der Waals surface area contributed by atoms with Gasteiger partial charge in [0, 0.05) is 29.9 Å². The van der Waals surface area contributed by atoms with Gasteiger partial charge in [-0.1, -0.05) is 0 Å². The fourth-order valence-electron chi connectivity index (χ4n) is 3.39. The molecule has 0 fully saturated rings. The summed E-state index contributed by atoms with van der Waals surface area (Å²) in [5.41, 5.74) is 2.24. The van der Waals surface area contributed by atoms with E-state index in [0.717, 1.165) is 28.6 Å². The number of thiophene rings is 1. The molecule has 4 heterocycles. The number of hydrogen-bond donors (Lipinski definition) is 0. The first-order chi connectivity index (χ1) is 12.8. The van der Waals surface area contributed by atoms with E-state index in [1.807, 2.05) is 25.4 Å². The molecule has 0 saturated heterocycles. The van der Waals surface area contributed by atoms with Crippen LogP contribution in [0, 0.1) is 0 Å². The standard InChI is InChI=1S/C19H17N5OS/c1-24-11-13(10-21-24)25-18-16-14-6-2-3-7-15(14)26-19(16)23-17(22-18)12-5-4-8-20-9-12/h4-5,8-11H,2-3,6-7H2,1H3. The van der Waals surface area contributed by atoms with Crippen molar-refractivity contribution in [1.29, 1.82) is 0 Å². The molecule has 1 aliphatic rings. The van der Waals surface area contributed by atoms with E-state index in [-0.39, 0.29) is 0 Å². The van der Waals surface area contributed by atoms with E-state index in [1.54, 1.807) is 34.6 Å². The lowest BCUT2D eigenvalue weighted by molar-refractivity contribution is 0.468. The molecule has 130 valence electrons. The van der Waals surface area contributed by atoms with Crippen LogP contribution in [-0.4, -0.2) is 24.7 Å². The molecule has 0 bridgehead atoms. The van der Waals surface area contributed by atoms with Crippen LogP contribution in [0.2, 0.25) is 0 Å². The Labute approximate surface area is 154 Å². The quantitative estimate of drug-likeness (QED) is 0.547. The number of rotatable bonds is 3. The van der Waals surface area contributed by atoms with Crippen LogP contribution in [0.4, 0.5) is 0 Å². The Balaban J connectivity index is 1.71. The summed E-state index contributed by atoms with van der Waals surface area (Å²) in [5.74, 6) is 1.93. The van der Waals surface area contributed by atoms with Crippen LogP contribution in [0.3, 0.4) is 0 Å². The van der Waals surface area contributed by atoms with Crippen LogP contribution in [0.25, 0.3) is 21.6 Å². The van der Waals surface area contributed by atoms with Crippen molar-refractivity contribution in [3.05, 3.63) is 47.4 Å². The summed E-state index contributed by atoms with van der Waals surface area (Å²) in [7, 11) is 1.87. The largest absolute Gasteiger partial charge is 0.435 e. The zero-order chi connectivity index (χ0) is 17.5. The molecule has 6 nitrogen and oxygen atoms in total. The molecule has 0 spiro atoms. The second-order valence-electron chi connectivity index (χ2n) is 6.44. The minimum absolute atomic E-state index is 0.612. The number of ether oxygens (including phenoxy) is 1. The molecule has 0 unspecified atom stereocenters. The second kappa shape index (κ2) is 6.17. The Kier molecular flexibility index (Phi) is 3.67. The summed E-state index contributed by atoms with van der Waals surface area (Å²) in [5, 5.41) is 5.25. The van der Waals surface area contributed by atoms with Gasteiger partial charge in [0.1, 0.15) is 4.83 Å². The Morgan fingerprint density at radius 2 is 2.08 bits per heavy atom. The van der Waals surface area contributed by atoms with Gasteiger partial charge in [-0.2, -0.15) is 10.1 Å². The molecule has 0 amide bonds. The normalized spacial score (nSPS) is 13.7. The lowest BCUT2D eigenvalue weighted by atomic mass is 9.97. The molecular formula is C19H17N5OS. The highest BCUT2D eigenvalue weighted by molar-refractivity contribution is 7.18. The number of aromatic nitrogens is 5. The highest BCUT2D eigenvalue weighted by atomic mass is 32.1. The maximum atomic E-state index is 6.15. The van der Waals surface area contributed by atoms with Crippen LogP contribution in [0.1, 0.15) is 23.3 Å². The summed E-state index contributed by atoms with van der Waals surface area (Å²) in [6, 6.07) is 3.86. The summed E-state index contributed by atoms with van der Waals surface area (Å²) >= 11 is 1.77. The number of fused-ring (bicyclic) bond motifs is 3. The van der Waals surface area contributed by atoms with Gasteiger partial charge in [0.25, 0.3) is 0 Å². The topological polar surface area (TPSA) is 65.7 Å². The van der Waals surface area contributed by atoms with Crippen LogP contribution in [-0.2, 0) is 19.9 Å². The molecule has 0 N–H and O–H groups in total. The number of nitrogens with zero attached hydrogens (tertiary/aromatic N) is 5. The zero-order valence-corrected chi connectivity index (χ0v) is 15.2. The fourth-order valence-corrected chi connectivity index (χ4v) is 4.64. The molecular weight excluding hydrogens is 346 g/mol. The van der Waals surface area contributed by atoms with Crippen molar-refractivity contribution >= 4 is 21.6 Å². The van der Waals surface area contributed by atoms with E-state index < -0.39 is 0 Å². The third-order valence-electron chi connectivity index (χ3n) is 4.60. The predicted molar refractivity (Wildman–Crippen MR) is 101 cm³/mol. The van der Waals surface area contributed by atoms with Gasteiger partial charge in [-0.15, -0.1) is 11.3 Å². The Morgan fingerprint density at radius 1 is 1.15 bits per heavy atom. The molecule has 0 saturated carbocycles. The van der Waals surface area contributed by atoms with Crippen molar-refractivity contribution in [2.24, 2.45) is 7.05 Å². The van der Waals surface area contributed by atoms with Crippen molar-refractivity contribution in [1.82, 2.24) is 24.7 Å². The lowest BCUT2D eigenvalue weighted by Crippen LogP contribution is -2.00. The van der Waals surface area contributed by atoms with Gasteiger partial charge in [-0.05, 0) is 43.4 Å². The van der Waals surface area contributed by atoms with Gasteiger partial charge in [0.05, 0.1) is 17.8 Å². The maximum Gasteiger partial charge on any atom is 0.232 e. The molecule has 0 aromatic carbocycles. The van der Waals surface area contributed by atoms with E-state index in [4.69, 9.17) is 14.7 Å². The first kappa shape index (κ1) is 15.5. The number of aryl methyl sites for hydroxylation is 3. The summed E-state index contributed by atoms with van der Waals surface area (Å²) in [6.45, 7) is 0. The Bertz CT molecular complexity index is 1090. The molecule has 4 aromatic heterocycles. The average Bonchev–Trinajstić information content (AvgIpc) is 3.25. The van der Waals surface area contributed by atoms with E-state index in [1.165, 1.54) is 23.3 Å². The van der Waals surface area contributed by atoms with Gasteiger partial charge >= 0.3 is 0 Å². The Morgan fingerprint density at radius 3 is 2.88 bits per heavy atom. The van der Waals surface area contributed by atoms with Crippen LogP contribution >= 0.6 is 11.3 Å². The van der Waals surface area contributed by atoms with E-state index in [0.29, 0.717) is 17.5 Å². The van der Waals surface area contributed by atoms with Crippen molar-refractivity contribution in [3.63, 3.8) is 0 Å². The van der Waals surface area contributed by atoms with E-state index >= 15 is 0 Å². The highest BCUT2D eigenvalue weighted by Crippen LogP contribution is 2.41. The average molecular weight is 363 g/mol. The SMILES string of the molecule is Cn1cc(Oc2nc(-c3cccnc3)nc3sc4c(c23)CCCC4)cn1. The maximum absolute atomic E-state index is 6.15. The molecule has 26 heavy (non-hydrogen) atoms. The van der Waals surface area contributed by atoms with Crippen molar-refractivity contribution in [2.45, 2.75) is 25.7 Å². The molecule has 7 heteroatoms. The summed E-state index contributed by atoms with van der Waals surface area (Å²) in [6.07, 6.45) is 11.7. The molecule has 1 aliphatic carbocycles. The van der Waals surface area contributed by atoms with Crippen molar-refractivity contribution in [3.8, 4) is 23.0 Å². The van der Waals surface area contributed by atoms with E-state index in [2.05, 4.69) is 10.1 Å². The van der Waals surface area contributed by atoms with Crippen molar-refractivity contribution < 1.29 is 4.74 Å². The smallest absolute Gasteiger partial charge is 0.232 e. The third-order valence-corrected chi connectivity index (χ3v) is 5.78. The van der Waals surface area contributed by atoms with E-state index in [9.17, 15) is 0 Å². The van der Waals surface area contributed by atoms with Crippen molar-refractivity contribution in [2.75, 3.05) is 0 Å². The third kappa shape index (κ3) is 2.64. The van der Waals surface area contributed by atoms with Crippen LogP contribution in [0.5, 0.6) is 11.6 Å². The first-order valence-corrected chi connectivity index (χ1v) is 9.49. The highest BCUT2D eigenvalue weighted by Gasteiger charge is 2.23. The van der Waals surface area contributed by atoms with Crippen LogP contribution in [0.15, 0.2) is 36.9 Å². The van der Waals surface area contributed by atoms with Gasteiger partial charge in [0.15, 0.2) is 11.6 Å². The zero-order valence-electron chi connectivity index (χ0n) is 14.3. The number of pyridine rings is 1. The molecule has 0 radical (unpaired) electrons.